The van der Waals surface area contributed by atoms with Crippen molar-refractivity contribution in [2.24, 2.45) is 0 Å². The Morgan fingerprint density at radius 1 is 1.17 bits per heavy atom. The quantitative estimate of drug-likeness (QED) is 0.801. The second-order valence-electron chi connectivity index (χ2n) is 6.94. The highest BCUT2D eigenvalue weighted by atomic mass is 16.5. The van der Waals surface area contributed by atoms with Crippen molar-refractivity contribution in [1.29, 1.82) is 0 Å². The average molecular weight is 323 g/mol. The van der Waals surface area contributed by atoms with Crippen molar-refractivity contribution in [3.8, 4) is 5.75 Å². The number of anilines is 3. The van der Waals surface area contributed by atoms with E-state index in [2.05, 4.69) is 54.1 Å². The van der Waals surface area contributed by atoms with E-state index in [4.69, 9.17) is 4.74 Å². The van der Waals surface area contributed by atoms with Crippen LogP contribution in [0.25, 0.3) is 0 Å². The highest BCUT2D eigenvalue weighted by Crippen LogP contribution is 2.42. The highest BCUT2D eigenvalue weighted by molar-refractivity contribution is 5.74. The number of ether oxygens (including phenoxy) is 1. The van der Waals surface area contributed by atoms with E-state index in [1.165, 1.54) is 28.8 Å². The molecule has 4 heteroatoms. The first-order valence-electron chi connectivity index (χ1n) is 8.69. The summed E-state index contributed by atoms with van der Waals surface area (Å²) in [5.41, 5.74) is 7.42. The van der Waals surface area contributed by atoms with Crippen LogP contribution in [0.3, 0.4) is 0 Å². The summed E-state index contributed by atoms with van der Waals surface area (Å²) in [6.07, 6.45) is 1.19. The topological polar surface area (TPSA) is 45.3 Å². The molecule has 0 amide bonds. The number of benzene rings is 2. The first kappa shape index (κ1) is 15.3. The lowest BCUT2D eigenvalue weighted by Crippen LogP contribution is -2.38. The molecular weight excluding hydrogens is 298 g/mol. The van der Waals surface area contributed by atoms with Gasteiger partial charge < -0.3 is 20.7 Å². The number of methoxy groups -OCH3 is 1. The van der Waals surface area contributed by atoms with E-state index < -0.39 is 0 Å². The highest BCUT2D eigenvalue weighted by Gasteiger charge is 2.34. The molecule has 1 saturated heterocycles. The number of rotatable bonds is 3. The lowest BCUT2D eigenvalue weighted by Gasteiger charge is -2.26. The van der Waals surface area contributed by atoms with Crippen molar-refractivity contribution in [2.45, 2.75) is 32.2 Å². The molecule has 24 heavy (non-hydrogen) atoms. The Morgan fingerprint density at radius 2 is 2.04 bits per heavy atom. The van der Waals surface area contributed by atoms with E-state index in [0.717, 1.165) is 30.2 Å². The number of nitrogens with one attached hydrogen (secondary N) is 3. The maximum absolute atomic E-state index is 5.50. The van der Waals surface area contributed by atoms with Gasteiger partial charge in [0.25, 0.3) is 0 Å². The van der Waals surface area contributed by atoms with E-state index in [1.807, 2.05) is 6.07 Å². The molecule has 2 aliphatic rings. The van der Waals surface area contributed by atoms with Crippen LogP contribution < -0.4 is 20.7 Å². The molecule has 0 aromatic heterocycles. The molecular formula is C20H25N3O. The Bertz CT molecular complexity index is 772. The molecule has 0 bridgehead atoms. The van der Waals surface area contributed by atoms with Gasteiger partial charge >= 0.3 is 0 Å². The van der Waals surface area contributed by atoms with Crippen LogP contribution in [0.5, 0.6) is 5.75 Å². The predicted octanol–water partition coefficient (Wildman–Crippen LogP) is 3.93. The molecule has 2 aromatic rings. The number of hydrogen-bond donors (Lipinski definition) is 3. The standard InChI is InChI=1S/C20H25N3O/c1-12-4-5-19(24-3)18(8-12)22-14-9-13(2)20-15(10-14)16-11-21-7-6-17(16)23-20/h4-5,8-10,16-17,21-23H,6-7,11H2,1-3H3/t16-,17-/m0/s1. The van der Waals surface area contributed by atoms with Crippen LogP contribution in [0.1, 0.15) is 29.0 Å². The monoisotopic (exact) mass is 323 g/mol. The minimum atomic E-state index is 0.564. The zero-order valence-corrected chi connectivity index (χ0v) is 14.6. The Morgan fingerprint density at radius 3 is 2.88 bits per heavy atom. The van der Waals surface area contributed by atoms with Gasteiger partial charge in [0.05, 0.1) is 12.8 Å². The van der Waals surface area contributed by atoms with Gasteiger partial charge in [-0.2, -0.15) is 0 Å². The number of aryl methyl sites for hydroxylation is 2. The van der Waals surface area contributed by atoms with Crippen LogP contribution in [0.4, 0.5) is 17.1 Å². The fourth-order valence-electron chi connectivity index (χ4n) is 3.99. The van der Waals surface area contributed by atoms with Gasteiger partial charge in [-0.1, -0.05) is 6.07 Å². The van der Waals surface area contributed by atoms with Gasteiger partial charge in [-0.05, 0) is 67.8 Å². The second kappa shape index (κ2) is 6.02. The largest absolute Gasteiger partial charge is 0.495 e. The smallest absolute Gasteiger partial charge is 0.142 e. The van der Waals surface area contributed by atoms with Crippen LogP contribution in [-0.4, -0.2) is 26.2 Å². The summed E-state index contributed by atoms with van der Waals surface area (Å²) < 4.78 is 5.50. The lowest BCUT2D eigenvalue weighted by atomic mass is 9.89. The zero-order valence-electron chi connectivity index (χ0n) is 14.6. The van der Waals surface area contributed by atoms with E-state index in [9.17, 15) is 0 Å². The predicted molar refractivity (Wildman–Crippen MR) is 99.8 cm³/mol. The first-order valence-corrected chi connectivity index (χ1v) is 8.69. The summed E-state index contributed by atoms with van der Waals surface area (Å²) in [6.45, 7) is 6.45. The fourth-order valence-corrected chi connectivity index (χ4v) is 3.99. The third kappa shape index (κ3) is 2.61. The van der Waals surface area contributed by atoms with Gasteiger partial charge in [0.1, 0.15) is 5.75 Å². The van der Waals surface area contributed by atoms with Crippen LogP contribution in [-0.2, 0) is 0 Å². The summed E-state index contributed by atoms with van der Waals surface area (Å²) >= 11 is 0. The Labute approximate surface area is 143 Å². The van der Waals surface area contributed by atoms with Crippen molar-refractivity contribution < 1.29 is 4.74 Å². The van der Waals surface area contributed by atoms with Gasteiger partial charge in [0, 0.05) is 29.9 Å². The average Bonchev–Trinajstić information content (AvgIpc) is 2.95. The SMILES string of the molecule is COc1ccc(C)cc1Nc1cc(C)c2c(c1)[C@@H]1CNCC[C@@H]1N2. The third-order valence-electron chi connectivity index (χ3n) is 5.21. The number of fused-ring (bicyclic) bond motifs is 3. The number of piperidine rings is 1. The molecule has 4 rings (SSSR count). The van der Waals surface area contributed by atoms with Crippen molar-refractivity contribution in [1.82, 2.24) is 5.32 Å². The van der Waals surface area contributed by atoms with E-state index in [1.54, 1.807) is 7.11 Å². The van der Waals surface area contributed by atoms with Crippen LogP contribution >= 0.6 is 0 Å². The molecule has 0 spiro atoms. The minimum absolute atomic E-state index is 0.564. The van der Waals surface area contributed by atoms with Crippen molar-refractivity contribution in [3.63, 3.8) is 0 Å². The Kier molecular flexibility index (Phi) is 3.85. The molecule has 0 unspecified atom stereocenters. The maximum atomic E-state index is 5.50. The molecule has 0 radical (unpaired) electrons. The van der Waals surface area contributed by atoms with Gasteiger partial charge in [0.15, 0.2) is 0 Å². The summed E-state index contributed by atoms with van der Waals surface area (Å²) in [6, 6.07) is 11.3. The summed E-state index contributed by atoms with van der Waals surface area (Å²) in [5, 5.41) is 10.8. The molecule has 2 heterocycles. The van der Waals surface area contributed by atoms with Crippen molar-refractivity contribution in [2.75, 3.05) is 30.8 Å². The summed E-state index contributed by atoms with van der Waals surface area (Å²) in [4.78, 5) is 0. The van der Waals surface area contributed by atoms with Crippen molar-refractivity contribution >= 4 is 17.1 Å². The Hall–Kier alpha value is -2.20. The molecule has 3 N–H and O–H groups in total. The van der Waals surface area contributed by atoms with E-state index >= 15 is 0 Å². The van der Waals surface area contributed by atoms with Crippen molar-refractivity contribution in [3.05, 3.63) is 47.0 Å². The molecule has 0 aliphatic carbocycles. The molecule has 1 fully saturated rings. The molecule has 2 aromatic carbocycles. The van der Waals surface area contributed by atoms with Crippen LogP contribution in [0.15, 0.2) is 30.3 Å². The normalized spacial score (nSPS) is 21.6. The molecule has 4 nitrogen and oxygen atoms in total. The lowest BCUT2D eigenvalue weighted by molar-refractivity contribution is 0.416. The Balaban J connectivity index is 1.69. The number of hydrogen-bond acceptors (Lipinski definition) is 4. The van der Waals surface area contributed by atoms with Gasteiger partial charge in [-0.15, -0.1) is 0 Å². The third-order valence-corrected chi connectivity index (χ3v) is 5.21. The van der Waals surface area contributed by atoms with E-state index in [-0.39, 0.29) is 0 Å². The molecule has 126 valence electrons. The molecule has 2 atom stereocenters. The minimum Gasteiger partial charge on any atom is -0.495 e. The first-order chi connectivity index (χ1) is 11.7. The summed E-state index contributed by atoms with van der Waals surface area (Å²) in [5.74, 6) is 1.43. The van der Waals surface area contributed by atoms with Gasteiger partial charge in [0.2, 0.25) is 0 Å². The zero-order chi connectivity index (χ0) is 16.7. The summed E-state index contributed by atoms with van der Waals surface area (Å²) in [7, 11) is 1.71. The van der Waals surface area contributed by atoms with E-state index in [0.29, 0.717) is 12.0 Å². The maximum Gasteiger partial charge on any atom is 0.142 e. The van der Waals surface area contributed by atoms with Crippen LogP contribution in [0.2, 0.25) is 0 Å². The second-order valence-corrected chi connectivity index (χ2v) is 6.94. The fraction of sp³-hybridized carbons (Fsp3) is 0.400. The molecule has 2 aliphatic heterocycles. The van der Waals surface area contributed by atoms with Crippen LogP contribution in [0, 0.1) is 13.8 Å². The van der Waals surface area contributed by atoms with Gasteiger partial charge in [-0.25, -0.2) is 0 Å². The van der Waals surface area contributed by atoms with Gasteiger partial charge in [-0.3, -0.25) is 0 Å². The molecule has 0 saturated carbocycles.